The Labute approximate surface area is 182 Å². The van der Waals surface area contributed by atoms with Crippen molar-refractivity contribution in [1.29, 1.82) is 0 Å². The number of anilines is 1. The summed E-state index contributed by atoms with van der Waals surface area (Å²) in [6, 6.07) is 12.1. The highest BCUT2D eigenvalue weighted by Gasteiger charge is 2.28. The quantitative estimate of drug-likeness (QED) is 0.599. The van der Waals surface area contributed by atoms with Crippen LogP contribution in [0, 0.1) is 0 Å². The van der Waals surface area contributed by atoms with Crippen molar-refractivity contribution in [2.24, 2.45) is 0 Å². The molecule has 1 saturated heterocycles. The first-order chi connectivity index (χ1) is 15.0. The van der Waals surface area contributed by atoms with Gasteiger partial charge in [-0.15, -0.1) is 0 Å². The molecular weight excluding hydrogens is 390 g/mol. The standard InChI is InChI=1S/C24H29N5O2/c1-16(2)31-22-7-5-4-6-19(22)13-26-23-12-18(8-10-25-23)21-14-27-28-24(21)20-9-11-29(15-20)17(3)30/h4-8,10,12,14,16,20H,9,11,13,15H2,1-3H3,(H,25,26)(H,27,28)/t20-/m0/s1. The fourth-order valence-corrected chi connectivity index (χ4v) is 4.02. The monoisotopic (exact) mass is 419 g/mol. The predicted octanol–water partition coefficient (Wildman–Crippen LogP) is 4.21. The SMILES string of the molecule is CC(=O)N1CC[C@H](c2[nH]ncc2-c2ccnc(NCc3ccccc3OC(C)C)c2)C1. The van der Waals surface area contributed by atoms with Crippen LogP contribution in [0.5, 0.6) is 5.75 Å². The van der Waals surface area contributed by atoms with E-state index < -0.39 is 0 Å². The number of amides is 1. The molecule has 0 aliphatic carbocycles. The number of aromatic amines is 1. The van der Waals surface area contributed by atoms with E-state index in [9.17, 15) is 4.79 Å². The van der Waals surface area contributed by atoms with Gasteiger partial charge >= 0.3 is 0 Å². The molecule has 162 valence electrons. The van der Waals surface area contributed by atoms with Gasteiger partial charge in [0.1, 0.15) is 11.6 Å². The topological polar surface area (TPSA) is 83.1 Å². The lowest BCUT2D eigenvalue weighted by molar-refractivity contribution is -0.127. The lowest BCUT2D eigenvalue weighted by Gasteiger charge is -2.15. The molecule has 7 heteroatoms. The van der Waals surface area contributed by atoms with E-state index in [4.69, 9.17) is 4.74 Å². The number of rotatable bonds is 7. The van der Waals surface area contributed by atoms with Crippen LogP contribution in [-0.4, -0.2) is 45.2 Å². The molecule has 7 nitrogen and oxygen atoms in total. The Balaban J connectivity index is 1.49. The molecule has 0 spiro atoms. The average Bonchev–Trinajstić information content (AvgIpc) is 3.42. The summed E-state index contributed by atoms with van der Waals surface area (Å²) in [5.74, 6) is 2.07. The number of likely N-dealkylation sites (tertiary alicyclic amines) is 1. The van der Waals surface area contributed by atoms with Crippen molar-refractivity contribution in [3.05, 3.63) is 60.0 Å². The summed E-state index contributed by atoms with van der Waals surface area (Å²) in [4.78, 5) is 18.1. The van der Waals surface area contributed by atoms with E-state index in [-0.39, 0.29) is 17.9 Å². The third-order valence-electron chi connectivity index (χ3n) is 5.58. The van der Waals surface area contributed by atoms with Crippen LogP contribution in [0.3, 0.4) is 0 Å². The Morgan fingerprint density at radius 3 is 2.94 bits per heavy atom. The second-order valence-electron chi connectivity index (χ2n) is 8.21. The highest BCUT2D eigenvalue weighted by molar-refractivity contribution is 5.74. The van der Waals surface area contributed by atoms with E-state index in [1.54, 1.807) is 6.92 Å². The van der Waals surface area contributed by atoms with E-state index in [0.717, 1.165) is 53.5 Å². The predicted molar refractivity (Wildman–Crippen MR) is 121 cm³/mol. The maximum atomic E-state index is 11.7. The van der Waals surface area contributed by atoms with E-state index in [1.807, 2.05) is 61.5 Å². The number of hydrogen-bond acceptors (Lipinski definition) is 5. The minimum Gasteiger partial charge on any atom is -0.491 e. The molecule has 31 heavy (non-hydrogen) atoms. The highest BCUT2D eigenvalue weighted by atomic mass is 16.5. The first-order valence-corrected chi connectivity index (χ1v) is 10.7. The molecule has 1 amide bonds. The number of pyridine rings is 1. The molecular formula is C24H29N5O2. The van der Waals surface area contributed by atoms with Gasteiger partial charge < -0.3 is 15.0 Å². The average molecular weight is 420 g/mol. The van der Waals surface area contributed by atoms with Gasteiger partial charge in [-0.05, 0) is 44.0 Å². The minimum atomic E-state index is 0.122. The summed E-state index contributed by atoms with van der Waals surface area (Å²) >= 11 is 0. The summed E-state index contributed by atoms with van der Waals surface area (Å²) in [6.45, 7) is 7.82. The fraction of sp³-hybridized carbons (Fsp3) is 0.375. The Morgan fingerprint density at radius 2 is 2.16 bits per heavy atom. The first kappa shape index (κ1) is 20.9. The summed E-state index contributed by atoms with van der Waals surface area (Å²) in [5.41, 5.74) is 4.28. The molecule has 1 aliphatic heterocycles. The zero-order valence-corrected chi connectivity index (χ0v) is 18.3. The Kier molecular flexibility index (Phi) is 6.21. The highest BCUT2D eigenvalue weighted by Crippen LogP contribution is 2.34. The van der Waals surface area contributed by atoms with Gasteiger partial charge in [-0.25, -0.2) is 4.98 Å². The van der Waals surface area contributed by atoms with Gasteiger partial charge in [0.15, 0.2) is 0 Å². The van der Waals surface area contributed by atoms with Crippen molar-refractivity contribution >= 4 is 11.7 Å². The van der Waals surface area contributed by atoms with Gasteiger partial charge in [0.05, 0.1) is 12.3 Å². The maximum absolute atomic E-state index is 11.7. The number of carbonyl (C=O) groups excluding carboxylic acids is 1. The molecule has 4 rings (SSSR count). The Hall–Kier alpha value is -3.35. The van der Waals surface area contributed by atoms with E-state index >= 15 is 0 Å². The largest absolute Gasteiger partial charge is 0.491 e. The van der Waals surface area contributed by atoms with Crippen molar-refractivity contribution < 1.29 is 9.53 Å². The van der Waals surface area contributed by atoms with Crippen LogP contribution in [0.25, 0.3) is 11.1 Å². The summed E-state index contributed by atoms with van der Waals surface area (Å²) in [5, 5.41) is 10.9. The Morgan fingerprint density at radius 1 is 1.32 bits per heavy atom. The summed E-state index contributed by atoms with van der Waals surface area (Å²) in [7, 11) is 0. The van der Waals surface area contributed by atoms with E-state index in [2.05, 4.69) is 26.6 Å². The number of hydrogen-bond donors (Lipinski definition) is 2. The molecule has 2 N–H and O–H groups in total. The maximum Gasteiger partial charge on any atom is 0.219 e. The zero-order chi connectivity index (χ0) is 21.8. The van der Waals surface area contributed by atoms with Crippen LogP contribution >= 0.6 is 0 Å². The molecule has 2 aromatic heterocycles. The van der Waals surface area contributed by atoms with Crippen LogP contribution in [0.15, 0.2) is 48.8 Å². The third-order valence-corrected chi connectivity index (χ3v) is 5.58. The number of carbonyl (C=O) groups is 1. The number of aromatic nitrogens is 3. The van der Waals surface area contributed by atoms with Gasteiger partial charge in [-0.3, -0.25) is 9.89 Å². The zero-order valence-electron chi connectivity index (χ0n) is 18.3. The van der Waals surface area contributed by atoms with Gasteiger partial charge in [0, 0.05) is 55.5 Å². The van der Waals surface area contributed by atoms with Crippen LogP contribution in [0.4, 0.5) is 5.82 Å². The van der Waals surface area contributed by atoms with Crippen molar-refractivity contribution in [2.75, 3.05) is 18.4 Å². The van der Waals surface area contributed by atoms with Gasteiger partial charge in [0.25, 0.3) is 0 Å². The summed E-state index contributed by atoms with van der Waals surface area (Å²) in [6.07, 6.45) is 4.73. The van der Waals surface area contributed by atoms with Crippen LogP contribution in [0.2, 0.25) is 0 Å². The number of ether oxygens (including phenoxy) is 1. The molecule has 3 aromatic rings. The lowest BCUT2D eigenvalue weighted by atomic mass is 9.97. The van der Waals surface area contributed by atoms with Crippen LogP contribution in [0.1, 0.15) is 44.4 Å². The Bertz CT molecular complexity index is 1050. The smallest absolute Gasteiger partial charge is 0.219 e. The molecule has 1 fully saturated rings. The molecule has 1 aliphatic rings. The minimum absolute atomic E-state index is 0.122. The fourth-order valence-electron chi connectivity index (χ4n) is 4.02. The van der Waals surface area contributed by atoms with Gasteiger partial charge in [-0.2, -0.15) is 5.10 Å². The third kappa shape index (κ3) is 4.87. The van der Waals surface area contributed by atoms with E-state index in [0.29, 0.717) is 6.54 Å². The van der Waals surface area contributed by atoms with Crippen molar-refractivity contribution in [3.63, 3.8) is 0 Å². The number of nitrogens with one attached hydrogen (secondary N) is 2. The van der Waals surface area contributed by atoms with Crippen LogP contribution < -0.4 is 10.1 Å². The number of benzene rings is 1. The molecule has 0 radical (unpaired) electrons. The second-order valence-corrected chi connectivity index (χ2v) is 8.21. The van der Waals surface area contributed by atoms with Crippen LogP contribution in [-0.2, 0) is 11.3 Å². The molecule has 0 saturated carbocycles. The molecule has 1 aromatic carbocycles. The number of H-pyrrole nitrogens is 1. The van der Waals surface area contributed by atoms with Gasteiger partial charge in [0.2, 0.25) is 5.91 Å². The summed E-state index contributed by atoms with van der Waals surface area (Å²) < 4.78 is 5.91. The first-order valence-electron chi connectivity index (χ1n) is 10.7. The number of nitrogens with zero attached hydrogens (tertiary/aromatic N) is 3. The second kappa shape index (κ2) is 9.20. The number of para-hydroxylation sites is 1. The normalized spacial score (nSPS) is 16.0. The van der Waals surface area contributed by atoms with Crippen molar-refractivity contribution in [2.45, 2.75) is 45.8 Å². The van der Waals surface area contributed by atoms with Crippen molar-refractivity contribution in [3.8, 4) is 16.9 Å². The van der Waals surface area contributed by atoms with E-state index in [1.165, 1.54) is 0 Å². The van der Waals surface area contributed by atoms with Crippen molar-refractivity contribution in [1.82, 2.24) is 20.1 Å². The van der Waals surface area contributed by atoms with Gasteiger partial charge in [-0.1, -0.05) is 18.2 Å². The molecule has 0 unspecified atom stereocenters. The molecule has 0 bridgehead atoms. The lowest BCUT2D eigenvalue weighted by Crippen LogP contribution is -2.25. The molecule has 1 atom stereocenters. The molecule has 3 heterocycles.